The SMILES string of the molecule is CCC/C(=N\NC(=O)c1sc2cc(C)ccc2c1Cl)c1ccc(C)s1. The third kappa shape index (κ3) is 3.94. The molecule has 0 aliphatic rings. The van der Waals surface area contributed by atoms with Gasteiger partial charge in [0.2, 0.25) is 0 Å². The number of nitrogens with zero attached hydrogens (tertiary/aromatic N) is 1. The van der Waals surface area contributed by atoms with Gasteiger partial charge >= 0.3 is 0 Å². The van der Waals surface area contributed by atoms with Crippen LogP contribution in [0.2, 0.25) is 5.02 Å². The smallest absolute Gasteiger partial charge is 0.266 e. The van der Waals surface area contributed by atoms with Crippen LogP contribution in [0.4, 0.5) is 0 Å². The zero-order chi connectivity index (χ0) is 18.0. The molecule has 0 saturated heterocycles. The number of fused-ring (bicyclic) bond motifs is 1. The summed E-state index contributed by atoms with van der Waals surface area (Å²) in [5.74, 6) is -0.259. The molecule has 3 aromatic rings. The van der Waals surface area contributed by atoms with Crippen molar-refractivity contribution in [1.29, 1.82) is 0 Å². The van der Waals surface area contributed by atoms with Crippen molar-refractivity contribution in [2.75, 3.05) is 0 Å². The van der Waals surface area contributed by atoms with Crippen molar-refractivity contribution in [3.63, 3.8) is 0 Å². The van der Waals surface area contributed by atoms with Crippen LogP contribution in [0, 0.1) is 13.8 Å². The highest BCUT2D eigenvalue weighted by Crippen LogP contribution is 2.35. The van der Waals surface area contributed by atoms with Crippen LogP contribution in [-0.2, 0) is 0 Å². The lowest BCUT2D eigenvalue weighted by molar-refractivity contribution is 0.0959. The van der Waals surface area contributed by atoms with Crippen molar-refractivity contribution >= 4 is 56.0 Å². The van der Waals surface area contributed by atoms with E-state index in [1.54, 1.807) is 11.3 Å². The first kappa shape index (κ1) is 18.1. The molecule has 0 bridgehead atoms. The van der Waals surface area contributed by atoms with E-state index >= 15 is 0 Å². The normalized spacial score (nSPS) is 11.9. The number of thiophene rings is 2. The Morgan fingerprint density at radius 2 is 2.00 bits per heavy atom. The number of benzene rings is 1. The van der Waals surface area contributed by atoms with Crippen molar-refractivity contribution in [2.45, 2.75) is 33.6 Å². The van der Waals surface area contributed by atoms with Gasteiger partial charge in [0.25, 0.3) is 5.91 Å². The molecular weight excluding hydrogens is 372 g/mol. The predicted molar refractivity (Wildman–Crippen MR) is 110 cm³/mol. The van der Waals surface area contributed by atoms with Crippen molar-refractivity contribution in [3.8, 4) is 0 Å². The van der Waals surface area contributed by atoms with Gasteiger partial charge in [-0.3, -0.25) is 4.79 Å². The van der Waals surface area contributed by atoms with E-state index in [0.29, 0.717) is 9.90 Å². The number of aryl methyl sites for hydroxylation is 2. The van der Waals surface area contributed by atoms with Gasteiger partial charge < -0.3 is 0 Å². The van der Waals surface area contributed by atoms with Gasteiger partial charge in [0, 0.05) is 15.0 Å². The molecule has 6 heteroatoms. The van der Waals surface area contributed by atoms with Crippen LogP contribution in [0.3, 0.4) is 0 Å². The Morgan fingerprint density at radius 1 is 1.20 bits per heavy atom. The van der Waals surface area contributed by atoms with Crippen molar-refractivity contribution in [2.24, 2.45) is 5.10 Å². The molecule has 25 heavy (non-hydrogen) atoms. The fourth-order valence-electron chi connectivity index (χ4n) is 2.55. The fraction of sp³-hybridized carbons (Fsp3) is 0.263. The molecule has 3 rings (SSSR count). The Morgan fingerprint density at radius 3 is 2.68 bits per heavy atom. The molecule has 0 fully saturated rings. The number of hydrogen-bond donors (Lipinski definition) is 1. The number of carbonyl (C=O) groups is 1. The summed E-state index contributed by atoms with van der Waals surface area (Å²) in [5, 5.41) is 5.79. The molecule has 0 saturated carbocycles. The van der Waals surface area contributed by atoms with Gasteiger partial charge in [0.15, 0.2) is 0 Å². The van der Waals surface area contributed by atoms with Crippen molar-refractivity contribution in [1.82, 2.24) is 5.43 Å². The van der Waals surface area contributed by atoms with Crippen LogP contribution in [0.25, 0.3) is 10.1 Å². The van der Waals surface area contributed by atoms with Crippen LogP contribution >= 0.6 is 34.3 Å². The molecular formula is C19H19ClN2OS2. The second kappa shape index (κ2) is 7.68. The number of rotatable bonds is 5. The summed E-state index contributed by atoms with van der Waals surface area (Å²) in [6.45, 7) is 6.19. The zero-order valence-corrected chi connectivity index (χ0v) is 16.7. The molecule has 0 atom stereocenters. The summed E-state index contributed by atoms with van der Waals surface area (Å²) in [4.78, 5) is 15.4. The maximum absolute atomic E-state index is 12.6. The summed E-state index contributed by atoms with van der Waals surface area (Å²) in [5.41, 5.74) is 4.74. The first-order valence-corrected chi connectivity index (χ1v) is 10.1. The minimum Gasteiger partial charge on any atom is -0.266 e. The molecule has 0 spiro atoms. The van der Waals surface area contributed by atoms with E-state index in [1.807, 2.05) is 25.1 Å². The maximum Gasteiger partial charge on any atom is 0.283 e. The topological polar surface area (TPSA) is 41.5 Å². The lowest BCUT2D eigenvalue weighted by Crippen LogP contribution is -2.19. The maximum atomic E-state index is 12.6. The Balaban J connectivity index is 1.87. The molecule has 1 aromatic carbocycles. The van der Waals surface area contributed by atoms with Crippen LogP contribution in [0.1, 0.15) is 44.8 Å². The van der Waals surface area contributed by atoms with Gasteiger partial charge in [-0.15, -0.1) is 22.7 Å². The molecule has 2 aromatic heterocycles. The Hall–Kier alpha value is -1.69. The van der Waals surface area contributed by atoms with Gasteiger partial charge in [0.1, 0.15) is 4.88 Å². The van der Waals surface area contributed by atoms with Crippen LogP contribution in [-0.4, -0.2) is 11.6 Å². The molecule has 1 N–H and O–H groups in total. The highest BCUT2D eigenvalue weighted by molar-refractivity contribution is 7.21. The predicted octanol–water partition coefficient (Wildman–Crippen LogP) is 6.17. The quantitative estimate of drug-likeness (QED) is 0.411. The van der Waals surface area contributed by atoms with Crippen LogP contribution < -0.4 is 5.43 Å². The first-order chi connectivity index (χ1) is 12.0. The summed E-state index contributed by atoms with van der Waals surface area (Å²) >= 11 is 9.49. The van der Waals surface area contributed by atoms with E-state index in [9.17, 15) is 4.79 Å². The number of hydrazone groups is 1. The van der Waals surface area contributed by atoms with Crippen LogP contribution in [0.15, 0.2) is 35.4 Å². The van der Waals surface area contributed by atoms with E-state index < -0.39 is 0 Å². The summed E-state index contributed by atoms with van der Waals surface area (Å²) in [7, 11) is 0. The monoisotopic (exact) mass is 390 g/mol. The largest absolute Gasteiger partial charge is 0.283 e. The first-order valence-electron chi connectivity index (χ1n) is 8.12. The van der Waals surface area contributed by atoms with Gasteiger partial charge in [-0.2, -0.15) is 5.10 Å². The Bertz CT molecular complexity index is 956. The molecule has 0 aliphatic carbocycles. The lowest BCUT2D eigenvalue weighted by atomic mass is 10.2. The second-order valence-electron chi connectivity index (χ2n) is 5.90. The third-order valence-corrected chi connectivity index (χ3v) is 6.50. The Labute approximate surface area is 160 Å². The number of nitrogens with one attached hydrogen (secondary N) is 1. The van der Waals surface area contributed by atoms with Crippen molar-refractivity contribution in [3.05, 3.63) is 55.5 Å². The average Bonchev–Trinajstić information content (AvgIpc) is 3.15. The fourth-order valence-corrected chi connectivity index (χ4v) is 4.94. The summed E-state index contributed by atoms with van der Waals surface area (Å²) < 4.78 is 1.02. The van der Waals surface area contributed by atoms with E-state index in [-0.39, 0.29) is 5.91 Å². The van der Waals surface area contributed by atoms with Gasteiger partial charge in [-0.25, -0.2) is 5.43 Å². The second-order valence-corrected chi connectivity index (χ2v) is 8.62. The van der Waals surface area contributed by atoms with Crippen molar-refractivity contribution < 1.29 is 4.79 Å². The van der Waals surface area contributed by atoms with Gasteiger partial charge in [0.05, 0.1) is 15.6 Å². The zero-order valence-electron chi connectivity index (χ0n) is 14.4. The molecule has 3 nitrogen and oxygen atoms in total. The average molecular weight is 391 g/mol. The molecule has 130 valence electrons. The lowest BCUT2D eigenvalue weighted by Gasteiger charge is -2.03. The number of hydrogen-bond acceptors (Lipinski definition) is 4. The number of amides is 1. The van der Waals surface area contributed by atoms with Gasteiger partial charge in [-0.05, 0) is 44.0 Å². The van der Waals surface area contributed by atoms with E-state index in [4.69, 9.17) is 11.6 Å². The highest BCUT2D eigenvalue weighted by Gasteiger charge is 2.17. The number of halogens is 1. The van der Waals surface area contributed by atoms with Crippen LogP contribution in [0.5, 0.6) is 0 Å². The molecule has 0 aliphatic heterocycles. The van der Waals surface area contributed by atoms with E-state index in [2.05, 4.69) is 36.5 Å². The summed E-state index contributed by atoms with van der Waals surface area (Å²) in [6, 6.07) is 10.1. The standard InChI is InChI=1S/C19H19ClN2OS2/c1-4-5-14(15-9-7-12(3)24-15)21-22-19(23)18-17(20)13-8-6-11(2)10-16(13)25-18/h6-10H,4-5H2,1-3H3,(H,22,23)/b21-14+. The highest BCUT2D eigenvalue weighted by atomic mass is 35.5. The number of carbonyl (C=O) groups excluding carboxylic acids is 1. The minimum absolute atomic E-state index is 0.259. The summed E-state index contributed by atoms with van der Waals surface area (Å²) in [6.07, 6.45) is 1.79. The van der Waals surface area contributed by atoms with E-state index in [1.165, 1.54) is 16.2 Å². The van der Waals surface area contributed by atoms with E-state index in [0.717, 1.165) is 39.1 Å². The van der Waals surface area contributed by atoms with Gasteiger partial charge in [-0.1, -0.05) is 37.1 Å². The third-order valence-electron chi connectivity index (χ3n) is 3.80. The molecule has 0 unspecified atom stereocenters. The molecule has 2 heterocycles. The molecule has 1 amide bonds. The molecule has 0 radical (unpaired) electrons. The minimum atomic E-state index is -0.259. The Kier molecular flexibility index (Phi) is 5.57.